The summed E-state index contributed by atoms with van der Waals surface area (Å²) in [5, 5.41) is 12.9. The number of nitrogens with one attached hydrogen (secondary N) is 1. The molecule has 2 nitrogen and oxygen atoms in total. The zero-order valence-corrected chi connectivity index (χ0v) is 10.9. The van der Waals surface area contributed by atoms with Gasteiger partial charge in [0.15, 0.2) is 0 Å². The third kappa shape index (κ3) is 4.61. The molecule has 2 heteroatoms. The van der Waals surface area contributed by atoms with Crippen LogP contribution in [0.2, 0.25) is 0 Å². The molecule has 0 fully saturated rings. The molecule has 0 aromatic heterocycles. The minimum absolute atomic E-state index is 0.0307. The third-order valence-corrected chi connectivity index (χ3v) is 2.97. The zero-order chi connectivity index (χ0) is 12.7. The lowest BCUT2D eigenvalue weighted by atomic mass is 9.83. The van der Waals surface area contributed by atoms with Crippen molar-refractivity contribution in [1.82, 2.24) is 5.32 Å². The van der Waals surface area contributed by atoms with Gasteiger partial charge in [0, 0.05) is 12.0 Å². The van der Waals surface area contributed by atoms with Gasteiger partial charge in [-0.2, -0.15) is 0 Å². The molecule has 0 amide bonds. The van der Waals surface area contributed by atoms with Gasteiger partial charge >= 0.3 is 0 Å². The highest BCUT2D eigenvalue weighted by Gasteiger charge is 2.20. The molecule has 1 aromatic carbocycles. The third-order valence-electron chi connectivity index (χ3n) is 2.97. The van der Waals surface area contributed by atoms with Crippen molar-refractivity contribution >= 4 is 0 Å². The Hall–Kier alpha value is -1.28. The van der Waals surface area contributed by atoms with Crippen LogP contribution in [-0.2, 0) is 6.42 Å². The maximum absolute atomic E-state index is 9.46. The van der Waals surface area contributed by atoms with Crippen LogP contribution in [0.25, 0.3) is 0 Å². The van der Waals surface area contributed by atoms with Crippen molar-refractivity contribution in [3.8, 4) is 5.75 Å². The van der Waals surface area contributed by atoms with Crippen LogP contribution in [0.4, 0.5) is 0 Å². The standard InChI is InChI=1S/C15H23NO/c1-4-9-16-12-15(3,5-2)11-13-7-6-8-14(17)10-13/h5-8,10,16-17H,2,4,9,11-12H2,1,3H3. The van der Waals surface area contributed by atoms with Crippen LogP contribution < -0.4 is 5.32 Å². The van der Waals surface area contributed by atoms with E-state index in [9.17, 15) is 5.11 Å². The molecule has 94 valence electrons. The summed E-state index contributed by atoms with van der Waals surface area (Å²) in [6.45, 7) is 10.2. The predicted molar refractivity (Wildman–Crippen MR) is 73.3 cm³/mol. The molecule has 0 spiro atoms. The lowest BCUT2D eigenvalue weighted by Gasteiger charge is -2.26. The number of phenols is 1. The summed E-state index contributed by atoms with van der Waals surface area (Å²) in [5.41, 5.74) is 1.17. The van der Waals surface area contributed by atoms with Gasteiger partial charge in [-0.15, -0.1) is 6.58 Å². The predicted octanol–water partition coefficient (Wildman–Crippen LogP) is 3.13. The van der Waals surface area contributed by atoms with Crippen molar-refractivity contribution in [3.63, 3.8) is 0 Å². The van der Waals surface area contributed by atoms with Gasteiger partial charge in [-0.25, -0.2) is 0 Å². The van der Waals surface area contributed by atoms with Gasteiger partial charge in [-0.3, -0.25) is 0 Å². The van der Waals surface area contributed by atoms with E-state index in [-0.39, 0.29) is 5.41 Å². The monoisotopic (exact) mass is 233 g/mol. The summed E-state index contributed by atoms with van der Waals surface area (Å²) >= 11 is 0. The minimum atomic E-state index is 0.0307. The smallest absolute Gasteiger partial charge is 0.115 e. The Balaban J connectivity index is 2.64. The van der Waals surface area contributed by atoms with Gasteiger partial charge in [0.2, 0.25) is 0 Å². The van der Waals surface area contributed by atoms with Crippen LogP contribution >= 0.6 is 0 Å². The van der Waals surface area contributed by atoms with Crippen LogP contribution in [0, 0.1) is 5.41 Å². The Morgan fingerprint density at radius 2 is 2.24 bits per heavy atom. The van der Waals surface area contributed by atoms with Gasteiger partial charge in [-0.05, 0) is 37.1 Å². The highest BCUT2D eigenvalue weighted by Crippen LogP contribution is 2.24. The van der Waals surface area contributed by atoms with E-state index in [1.54, 1.807) is 6.07 Å². The van der Waals surface area contributed by atoms with Gasteiger partial charge in [0.25, 0.3) is 0 Å². The topological polar surface area (TPSA) is 32.3 Å². The largest absolute Gasteiger partial charge is 0.508 e. The second-order valence-corrected chi connectivity index (χ2v) is 4.88. The fraction of sp³-hybridized carbons (Fsp3) is 0.467. The van der Waals surface area contributed by atoms with Gasteiger partial charge in [0.1, 0.15) is 5.75 Å². The van der Waals surface area contributed by atoms with E-state index in [4.69, 9.17) is 0 Å². The van der Waals surface area contributed by atoms with Gasteiger partial charge in [0.05, 0.1) is 0 Å². The molecule has 0 bridgehead atoms. The van der Waals surface area contributed by atoms with E-state index in [1.807, 2.05) is 24.3 Å². The second kappa shape index (κ2) is 6.45. The van der Waals surface area contributed by atoms with E-state index < -0.39 is 0 Å². The number of hydrogen-bond acceptors (Lipinski definition) is 2. The number of aromatic hydroxyl groups is 1. The molecule has 0 saturated heterocycles. The van der Waals surface area contributed by atoms with E-state index in [0.717, 1.165) is 31.5 Å². The quantitative estimate of drug-likeness (QED) is 0.560. The first-order chi connectivity index (χ1) is 8.09. The molecule has 2 N–H and O–H groups in total. The van der Waals surface area contributed by atoms with Crippen LogP contribution in [0.3, 0.4) is 0 Å². The highest BCUT2D eigenvalue weighted by atomic mass is 16.3. The SMILES string of the molecule is C=CC(C)(CNCCC)Cc1cccc(O)c1. The lowest BCUT2D eigenvalue weighted by Crippen LogP contribution is -2.32. The first-order valence-electron chi connectivity index (χ1n) is 6.22. The number of hydrogen-bond donors (Lipinski definition) is 2. The average Bonchev–Trinajstić information content (AvgIpc) is 2.29. The van der Waals surface area contributed by atoms with Crippen molar-refractivity contribution in [2.45, 2.75) is 26.7 Å². The summed E-state index contributed by atoms with van der Waals surface area (Å²) in [5.74, 6) is 0.329. The van der Waals surface area contributed by atoms with Crippen LogP contribution in [0.1, 0.15) is 25.8 Å². The summed E-state index contributed by atoms with van der Waals surface area (Å²) in [7, 11) is 0. The average molecular weight is 233 g/mol. The molecule has 0 aliphatic carbocycles. The van der Waals surface area contributed by atoms with Crippen molar-refractivity contribution in [2.75, 3.05) is 13.1 Å². The molecule has 1 aromatic rings. The molecule has 1 rings (SSSR count). The minimum Gasteiger partial charge on any atom is -0.508 e. The summed E-state index contributed by atoms with van der Waals surface area (Å²) in [6, 6.07) is 7.45. The van der Waals surface area contributed by atoms with Crippen molar-refractivity contribution < 1.29 is 5.11 Å². The normalized spacial score (nSPS) is 14.2. The number of phenolic OH excluding ortho intramolecular Hbond substituents is 1. The molecular formula is C15H23NO. The van der Waals surface area contributed by atoms with Crippen molar-refractivity contribution in [1.29, 1.82) is 0 Å². The molecular weight excluding hydrogens is 210 g/mol. The number of rotatable bonds is 7. The first kappa shape index (κ1) is 13.8. The van der Waals surface area contributed by atoms with E-state index >= 15 is 0 Å². The molecule has 0 radical (unpaired) electrons. The zero-order valence-electron chi connectivity index (χ0n) is 10.9. The Kier molecular flexibility index (Phi) is 5.23. The van der Waals surface area contributed by atoms with Gasteiger partial charge in [-0.1, -0.05) is 32.1 Å². The van der Waals surface area contributed by atoms with E-state index in [1.165, 1.54) is 0 Å². The van der Waals surface area contributed by atoms with Crippen LogP contribution in [-0.4, -0.2) is 18.2 Å². The Bertz CT molecular complexity index is 362. The van der Waals surface area contributed by atoms with Gasteiger partial charge < -0.3 is 10.4 Å². The molecule has 0 aliphatic rings. The maximum Gasteiger partial charge on any atom is 0.115 e. The molecule has 17 heavy (non-hydrogen) atoms. The summed E-state index contributed by atoms with van der Waals surface area (Å²) in [4.78, 5) is 0. The Morgan fingerprint density at radius 3 is 2.82 bits per heavy atom. The molecule has 1 unspecified atom stereocenters. The fourth-order valence-corrected chi connectivity index (χ4v) is 1.89. The maximum atomic E-state index is 9.46. The van der Waals surface area contributed by atoms with E-state index in [2.05, 4.69) is 25.7 Å². The van der Waals surface area contributed by atoms with Crippen molar-refractivity contribution in [2.24, 2.45) is 5.41 Å². The van der Waals surface area contributed by atoms with E-state index in [0.29, 0.717) is 5.75 Å². The first-order valence-corrected chi connectivity index (χ1v) is 6.22. The molecule has 1 atom stereocenters. The van der Waals surface area contributed by atoms with Crippen LogP contribution in [0.15, 0.2) is 36.9 Å². The number of benzene rings is 1. The lowest BCUT2D eigenvalue weighted by molar-refractivity contribution is 0.390. The Morgan fingerprint density at radius 1 is 1.47 bits per heavy atom. The highest BCUT2D eigenvalue weighted by molar-refractivity contribution is 5.28. The molecule has 0 aliphatic heterocycles. The molecule has 0 saturated carbocycles. The molecule has 0 heterocycles. The van der Waals surface area contributed by atoms with Crippen LogP contribution in [0.5, 0.6) is 5.75 Å². The Labute approximate surface area is 104 Å². The van der Waals surface area contributed by atoms with Crippen molar-refractivity contribution in [3.05, 3.63) is 42.5 Å². The summed E-state index contributed by atoms with van der Waals surface area (Å²) < 4.78 is 0. The summed E-state index contributed by atoms with van der Waals surface area (Å²) in [6.07, 6.45) is 4.03. The second-order valence-electron chi connectivity index (χ2n) is 4.88. The fourth-order valence-electron chi connectivity index (χ4n) is 1.89.